The Morgan fingerprint density at radius 3 is 2.06 bits per heavy atom. The van der Waals surface area contributed by atoms with Crippen LogP contribution in [0.3, 0.4) is 0 Å². The largest absolute Gasteiger partial charge is 0.465 e. The van der Waals surface area contributed by atoms with Gasteiger partial charge in [-0.1, -0.05) is 0 Å². The van der Waals surface area contributed by atoms with E-state index in [0.717, 1.165) is 25.9 Å². The lowest BCUT2D eigenvalue weighted by Gasteiger charge is -2.19. The molecule has 0 aromatic rings. The van der Waals surface area contributed by atoms with Crippen LogP contribution in [0, 0.1) is 17.8 Å². The van der Waals surface area contributed by atoms with E-state index in [2.05, 4.69) is 0 Å². The molecular formula is C11H16N2O3. The first-order valence-electron chi connectivity index (χ1n) is 5.95. The maximum absolute atomic E-state index is 12.1. The third-order valence-corrected chi connectivity index (χ3v) is 4.17. The lowest BCUT2D eigenvalue weighted by atomic mass is 10.2. The second-order valence-electron chi connectivity index (χ2n) is 5.07. The van der Waals surface area contributed by atoms with Gasteiger partial charge in [-0.05, 0) is 24.7 Å². The van der Waals surface area contributed by atoms with Crippen molar-refractivity contribution in [2.75, 3.05) is 26.2 Å². The van der Waals surface area contributed by atoms with Crippen LogP contribution < -0.4 is 0 Å². The fraction of sp³-hybridized carbons (Fsp3) is 0.818. The molecule has 1 N–H and O–H groups in total. The van der Waals surface area contributed by atoms with Crippen molar-refractivity contribution >= 4 is 12.0 Å². The van der Waals surface area contributed by atoms with E-state index >= 15 is 0 Å². The molecule has 5 heteroatoms. The summed E-state index contributed by atoms with van der Waals surface area (Å²) in [4.78, 5) is 26.2. The van der Waals surface area contributed by atoms with Gasteiger partial charge in [-0.15, -0.1) is 0 Å². The zero-order chi connectivity index (χ0) is 11.3. The van der Waals surface area contributed by atoms with Crippen LogP contribution in [0.15, 0.2) is 0 Å². The van der Waals surface area contributed by atoms with Gasteiger partial charge in [0.25, 0.3) is 0 Å². The minimum absolute atomic E-state index is 0.133. The van der Waals surface area contributed by atoms with E-state index in [4.69, 9.17) is 5.11 Å². The maximum atomic E-state index is 12.1. The van der Waals surface area contributed by atoms with Crippen LogP contribution in [0.4, 0.5) is 4.79 Å². The molecule has 3 atom stereocenters. The highest BCUT2D eigenvalue weighted by atomic mass is 16.4. The van der Waals surface area contributed by atoms with E-state index in [1.807, 2.05) is 4.90 Å². The third-order valence-electron chi connectivity index (χ3n) is 4.17. The van der Waals surface area contributed by atoms with Crippen LogP contribution in [-0.4, -0.2) is 53.1 Å². The summed E-state index contributed by atoms with van der Waals surface area (Å²) in [6, 6.07) is 0. The molecule has 0 spiro atoms. The molecule has 0 radical (unpaired) electrons. The smallest absolute Gasteiger partial charge is 0.407 e. The van der Waals surface area contributed by atoms with Crippen LogP contribution in [0.25, 0.3) is 0 Å². The minimum atomic E-state index is -0.848. The van der Waals surface area contributed by atoms with Crippen molar-refractivity contribution in [1.82, 2.24) is 9.80 Å². The number of rotatable bonds is 1. The number of carbonyl (C=O) groups excluding carboxylic acids is 1. The second kappa shape index (κ2) is 3.37. The van der Waals surface area contributed by atoms with Crippen LogP contribution in [0.1, 0.15) is 12.8 Å². The molecule has 0 aromatic carbocycles. The normalized spacial score (nSPS) is 36.4. The number of fused-ring (bicyclic) bond motifs is 1. The number of likely N-dealkylation sites (tertiary alicyclic amines) is 2. The van der Waals surface area contributed by atoms with Crippen molar-refractivity contribution in [2.24, 2.45) is 17.8 Å². The number of piperidine rings is 1. The number of amides is 2. The van der Waals surface area contributed by atoms with Crippen molar-refractivity contribution in [1.29, 1.82) is 0 Å². The van der Waals surface area contributed by atoms with Crippen LogP contribution >= 0.6 is 0 Å². The Kier molecular flexibility index (Phi) is 2.09. The first-order valence-corrected chi connectivity index (χ1v) is 5.95. The van der Waals surface area contributed by atoms with E-state index in [1.54, 1.807) is 0 Å². The first-order chi connectivity index (χ1) is 7.68. The van der Waals surface area contributed by atoms with Crippen LogP contribution in [0.2, 0.25) is 0 Å². The van der Waals surface area contributed by atoms with Crippen molar-refractivity contribution in [3.63, 3.8) is 0 Å². The summed E-state index contributed by atoms with van der Waals surface area (Å²) in [5, 5.41) is 8.82. The number of hydrogen-bond donors (Lipinski definition) is 1. The van der Waals surface area contributed by atoms with Gasteiger partial charge in [0.1, 0.15) is 0 Å². The quantitative estimate of drug-likeness (QED) is 0.704. The van der Waals surface area contributed by atoms with Gasteiger partial charge in [0.2, 0.25) is 5.91 Å². The highest BCUT2D eigenvalue weighted by molar-refractivity contribution is 5.83. The molecule has 88 valence electrons. The van der Waals surface area contributed by atoms with E-state index in [0.29, 0.717) is 24.9 Å². The fourth-order valence-corrected chi connectivity index (χ4v) is 3.20. The predicted octanol–water partition coefficient (Wildman–Crippen LogP) is 0.465. The Bertz CT molecular complexity index is 326. The molecule has 16 heavy (non-hydrogen) atoms. The van der Waals surface area contributed by atoms with Crippen molar-refractivity contribution < 1.29 is 14.7 Å². The molecular weight excluding hydrogens is 208 g/mol. The molecule has 0 bridgehead atoms. The van der Waals surface area contributed by atoms with Gasteiger partial charge in [0.05, 0.1) is 0 Å². The van der Waals surface area contributed by atoms with Crippen LogP contribution in [-0.2, 0) is 4.79 Å². The number of carboxylic acid groups (broad SMARTS) is 1. The first kappa shape index (κ1) is 9.93. The van der Waals surface area contributed by atoms with Gasteiger partial charge in [-0.25, -0.2) is 4.79 Å². The lowest BCUT2D eigenvalue weighted by Crippen LogP contribution is -2.35. The summed E-state index contributed by atoms with van der Waals surface area (Å²) in [6.45, 7) is 2.92. The molecule has 1 aliphatic carbocycles. The highest BCUT2D eigenvalue weighted by Gasteiger charge is 2.61. The third kappa shape index (κ3) is 1.37. The predicted molar refractivity (Wildman–Crippen MR) is 55.9 cm³/mol. The molecule has 1 saturated carbocycles. The monoisotopic (exact) mass is 224 g/mol. The van der Waals surface area contributed by atoms with Gasteiger partial charge >= 0.3 is 6.09 Å². The minimum Gasteiger partial charge on any atom is -0.465 e. The van der Waals surface area contributed by atoms with Gasteiger partial charge < -0.3 is 14.9 Å². The molecule has 5 nitrogen and oxygen atoms in total. The Hall–Kier alpha value is -1.26. The number of nitrogens with zero attached hydrogens (tertiary/aromatic N) is 2. The molecule has 2 amide bonds. The maximum Gasteiger partial charge on any atom is 0.407 e. The topological polar surface area (TPSA) is 60.9 Å². The summed E-state index contributed by atoms with van der Waals surface area (Å²) in [5.74, 6) is 1.03. The number of hydrogen-bond acceptors (Lipinski definition) is 2. The Morgan fingerprint density at radius 2 is 1.56 bits per heavy atom. The SMILES string of the molecule is O=C(O)N1C[C@@H]2[C@H](C1)[C@@H]2C(=O)N1CCCC1. The fourth-order valence-electron chi connectivity index (χ4n) is 3.20. The molecule has 3 fully saturated rings. The molecule has 2 heterocycles. The average Bonchev–Trinajstić information content (AvgIpc) is 2.75. The highest BCUT2D eigenvalue weighted by Crippen LogP contribution is 2.52. The Labute approximate surface area is 94.0 Å². The molecule has 0 aromatic heterocycles. The summed E-state index contributed by atoms with van der Waals surface area (Å²) >= 11 is 0. The van der Waals surface area contributed by atoms with E-state index < -0.39 is 6.09 Å². The van der Waals surface area contributed by atoms with E-state index in [9.17, 15) is 9.59 Å². The Morgan fingerprint density at radius 1 is 1.00 bits per heavy atom. The van der Waals surface area contributed by atoms with Gasteiger partial charge in [0.15, 0.2) is 0 Å². The lowest BCUT2D eigenvalue weighted by molar-refractivity contribution is -0.132. The van der Waals surface area contributed by atoms with E-state index in [1.165, 1.54) is 4.90 Å². The van der Waals surface area contributed by atoms with Gasteiger partial charge in [-0.3, -0.25) is 4.79 Å². The van der Waals surface area contributed by atoms with Crippen molar-refractivity contribution in [2.45, 2.75) is 12.8 Å². The summed E-state index contributed by atoms with van der Waals surface area (Å²) in [5.41, 5.74) is 0. The molecule has 3 aliphatic rings. The average molecular weight is 224 g/mol. The van der Waals surface area contributed by atoms with Gasteiger partial charge in [-0.2, -0.15) is 0 Å². The van der Waals surface area contributed by atoms with Gasteiger partial charge in [0, 0.05) is 32.1 Å². The van der Waals surface area contributed by atoms with Crippen molar-refractivity contribution in [3.05, 3.63) is 0 Å². The molecule has 0 unspecified atom stereocenters. The summed E-state index contributed by atoms with van der Waals surface area (Å²) in [6.07, 6.45) is 1.39. The zero-order valence-corrected chi connectivity index (χ0v) is 9.13. The molecule has 3 rings (SSSR count). The van der Waals surface area contributed by atoms with Crippen molar-refractivity contribution in [3.8, 4) is 0 Å². The summed E-state index contributed by atoms with van der Waals surface area (Å²) < 4.78 is 0. The Balaban J connectivity index is 1.58. The molecule has 2 aliphatic heterocycles. The molecule has 2 saturated heterocycles. The second-order valence-corrected chi connectivity index (χ2v) is 5.07. The zero-order valence-electron chi connectivity index (χ0n) is 9.13. The van der Waals surface area contributed by atoms with Crippen LogP contribution in [0.5, 0.6) is 0 Å². The summed E-state index contributed by atoms with van der Waals surface area (Å²) in [7, 11) is 0. The standard InChI is InChI=1S/C11H16N2O3/c14-10(12-3-1-2-4-12)9-7-5-13(11(15)16)6-8(7)9/h7-9H,1-6H2,(H,15,16)/t7-,8+,9-. The number of carbonyl (C=O) groups is 2. The van der Waals surface area contributed by atoms with E-state index in [-0.39, 0.29) is 11.8 Å².